The Balaban J connectivity index is 3.23. The Hall–Kier alpha value is -1.62. The molecule has 0 aliphatic rings. The summed E-state index contributed by atoms with van der Waals surface area (Å²) < 4.78 is 13.8. The number of rotatable bonds is 6. The minimum absolute atomic E-state index is 0.0260. The van der Waals surface area contributed by atoms with E-state index in [4.69, 9.17) is 0 Å². The predicted molar refractivity (Wildman–Crippen MR) is 83.0 cm³/mol. The van der Waals surface area contributed by atoms with E-state index in [1.165, 1.54) is 11.0 Å². The monoisotopic (exact) mass is 296 g/mol. The summed E-state index contributed by atoms with van der Waals surface area (Å²) in [5.41, 5.74) is 1.74. The lowest BCUT2D eigenvalue weighted by atomic mass is 10.0. The van der Waals surface area contributed by atoms with Crippen LogP contribution in [0.5, 0.6) is 0 Å². The van der Waals surface area contributed by atoms with Crippen LogP contribution in [-0.2, 0) is 4.79 Å². The number of aliphatic hydroxyl groups excluding tert-OH is 1. The Morgan fingerprint density at radius 1 is 1.38 bits per heavy atom. The molecule has 1 amide bonds. The van der Waals surface area contributed by atoms with Crippen molar-refractivity contribution in [3.63, 3.8) is 0 Å². The lowest BCUT2D eigenvalue weighted by Crippen LogP contribution is -2.37. The normalized spacial score (nSPS) is 12.1. The maximum atomic E-state index is 13.8. The Labute approximate surface area is 126 Å². The van der Waals surface area contributed by atoms with Gasteiger partial charge in [-0.2, -0.15) is 0 Å². The van der Waals surface area contributed by atoms with Gasteiger partial charge in [-0.15, -0.1) is 0 Å². The van der Waals surface area contributed by atoms with Crippen molar-refractivity contribution < 1.29 is 14.3 Å². The van der Waals surface area contributed by atoms with Crippen LogP contribution in [0.25, 0.3) is 0 Å². The zero-order valence-corrected chi connectivity index (χ0v) is 13.5. The van der Waals surface area contributed by atoms with Crippen LogP contribution >= 0.6 is 0 Å². The number of aliphatic hydroxyl groups is 1. The Morgan fingerprint density at radius 3 is 2.48 bits per heavy atom. The van der Waals surface area contributed by atoms with Gasteiger partial charge < -0.3 is 14.9 Å². The lowest BCUT2D eigenvalue weighted by Gasteiger charge is -2.28. The first kappa shape index (κ1) is 17.4. The first-order valence-corrected chi connectivity index (χ1v) is 7.21. The molecule has 21 heavy (non-hydrogen) atoms. The third-order valence-corrected chi connectivity index (χ3v) is 3.42. The number of likely N-dealkylation sites (N-methyl/N-ethyl adjacent to an activating group) is 1. The summed E-state index contributed by atoms with van der Waals surface area (Å²) in [6.07, 6.45) is 0.0695. The van der Waals surface area contributed by atoms with E-state index in [1.807, 2.05) is 11.8 Å². The van der Waals surface area contributed by atoms with E-state index >= 15 is 0 Å². The molecule has 0 fully saturated rings. The number of hydrogen-bond acceptors (Lipinski definition) is 3. The lowest BCUT2D eigenvalue weighted by molar-refractivity contribution is -0.127. The quantitative estimate of drug-likeness (QED) is 0.877. The highest BCUT2D eigenvalue weighted by molar-refractivity contribution is 5.81. The molecular weight excluding hydrogens is 271 g/mol. The fourth-order valence-electron chi connectivity index (χ4n) is 2.15. The molecule has 0 aliphatic carbocycles. The van der Waals surface area contributed by atoms with Crippen LogP contribution in [0.15, 0.2) is 12.1 Å². The number of amides is 1. The molecule has 0 aromatic heterocycles. The van der Waals surface area contributed by atoms with Gasteiger partial charge in [0.1, 0.15) is 5.82 Å². The molecule has 4 nitrogen and oxygen atoms in total. The van der Waals surface area contributed by atoms with Crippen molar-refractivity contribution in [2.75, 3.05) is 32.1 Å². The minimum Gasteiger partial charge on any atom is -0.389 e. The zero-order chi connectivity index (χ0) is 16.2. The first-order chi connectivity index (χ1) is 9.77. The second kappa shape index (κ2) is 7.41. The Bertz CT molecular complexity index is 501. The number of benzene rings is 1. The third-order valence-electron chi connectivity index (χ3n) is 3.42. The average Bonchev–Trinajstić information content (AvgIpc) is 2.40. The number of anilines is 1. The van der Waals surface area contributed by atoms with Gasteiger partial charge in [-0.05, 0) is 38.0 Å². The highest BCUT2D eigenvalue weighted by Gasteiger charge is 2.19. The van der Waals surface area contributed by atoms with Gasteiger partial charge in [-0.25, -0.2) is 4.39 Å². The number of halogens is 1. The molecule has 0 saturated carbocycles. The van der Waals surface area contributed by atoms with Crippen molar-refractivity contribution in [1.82, 2.24) is 4.90 Å². The van der Waals surface area contributed by atoms with Crippen LogP contribution in [0.4, 0.5) is 10.1 Å². The molecule has 0 spiro atoms. The van der Waals surface area contributed by atoms with E-state index in [1.54, 1.807) is 34.0 Å². The van der Waals surface area contributed by atoms with Crippen LogP contribution in [0.1, 0.15) is 37.5 Å². The van der Waals surface area contributed by atoms with Crippen LogP contribution in [0, 0.1) is 12.7 Å². The molecule has 0 saturated heterocycles. The molecule has 0 heterocycles. The Kier molecular flexibility index (Phi) is 6.15. The summed E-state index contributed by atoms with van der Waals surface area (Å²) >= 11 is 0. The van der Waals surface area contributed by atoms with Gasteiger partial charge in [0.2, 0.25) is 5.91 Å². The minimum atomic E-state index is -0.788. The zero-order valence-electron chi connectivity index (χ0n) is 13.5. The van der Waals surface area contributed by atoms with E-state index in [2.05, 4.69) is 0 Å². The largest absolute Gasteiger partial charge is 0.389 e. The van der Waals surface area contributed by atoms with Crippen LogP contribution in [0.2, 0.25) is 0 Å². The summed E-state index contributed by atoms with van der Waals surface area (Å²) in [7, 11) is 3.41. The molecular formula is C16H25FN2O2. The summed E-state index contributed by atoms with van der Waals surface area (Å²) in [4.78, 5) is 15.4. The Morgan fingerprint density at radius 2 is 2.00 bits per heavy atom. The molecule has 1 aromatic rings. The number of hydrogen-bond donors (Lipinski definition) is 1. The molecule has 0 aliphatic heterocycles. The number of aryl methyl sites for hydroxylation is 1. The maximum Gasteiger partial charge on any atom is 0.241 e. The molecule has 1 aromatic carbocycles. The summed E-state index contributed by atoms with van der Waals surface area (Å²) in [5.74, 6) is -0.369. The molecule has 1 atom stereocenters. The van der Waals surface area contributed by atoms with Gasteiger partial charge in [-0.1, -0.05) is 6.92 Å². The van der Waals surface area contributed by atoms with Crippen LogP contribution in [0.3, 0.4) is 0 Å². The maximum absolute atomic E-state index is 13.8. The summed E-state index contributed by atoms with van der Waals surface area (Å²) in [5, 5.41) is 9.89. The van der Waals surface area contributed by atoms with E-state index in [-0.39, 0.29) is 18.3 Å². The van der Waals surface area contributed by atoms with Crippen molar-refractivity contribution in [1.29, 1.82) is 0 Å². The summed E-state index contributed by atoms with van der Waals surface area (Å²) in [6.45, 7) is 6.19. The SMILES string of the molecule is CCCN(CC(=O)N(C)C)c1cc(C)c(F)cc1C(C)O. The van der Waals surface area contributed by atoms with Gasteiger partial charge in [-0.3, -0.25) is 4.79 Å². The molecule has 0 bridgehead atoms. The van der Waals surface area contributed by atoms with Crippen molar-refractivity contribution in [3.8, 4) is 0 Å². The molecule has 1 N–H and O–H groups in total. The van der Waals surface area contributed by atoms with Gasteiger partial charge in [0.25, 0.3) is 0 Å². The van der Waals surface area contributed by atoms with Crippen LogP contribution in [-0.4, -0.2) is 43.1 Å². The standard InChI is InChI=1S/C16H25FN2O2/c1-6-7-19(10-16(21)18(4)5)15-8-11(2)14(17)9-13(15)12(3)20/h8-9,12,20H,6-7,10H2,1-5H3. The van der Waals surface area contributed by atoms with Gasteiger partial charge >= 0.3 is 0 Å². The fourth-order valence-corrected chi connectivity index (χ4v) is 2.15. The van der Waals surface area contributed by atoms with Crippen molar-refractivity contribution in [3.05, 3.63) is 29.1 Å². The molecule has 1 rings (SSSR count). The topological polar surface area (TPSA) is 43.8 Å². The highest BCUT2D eigenvalue weighted by atomic mass is 19.1. The van der Waals surface area contributed by atoms with Crippen molar-refractivity contribution in [2.45, 2.75) is 33.3 Å². The van der Waals surface area contributed by atoms with Crippen molar-refractivity contribution >= 4 is 11.6 Å². The molecule has 0 radical (unpaired) electrons. The second-order valence-corrected chi connectivity index (χ2v) is 5.55. The van der Waals surface area contributed by atoms with Gasteiger partial charge in [0.05, 0.1) is 12.6 Å². The van der Waals surface area contributed by atoms with E-state index in [0.29, 0.717) is 17.7 Å². The van der Waals surface area contributed by atoms with Crippen molar-refractivity contribution in [2.24, 2.45) is 0 Å². The average molecular weight is 296 g/mol. The summed E-state index contributed by atoms with van der Waals surface area (Å²) in [6, 6.07) is 3.06. The predicted octanol–water partition coefficient (Wildman–Crippen LogP) is 2.49. The fraction of sp³-hybridized carbons (Fsp3) is 0.562. The number of carbonyl (C=O) groups is 1. The highest BCUT2D eigenvalue weighted by Crippen LogP contribution is 2.29. The molecule has 118 valence electrons. The van der Waals surface area contributed by atoms with E-state index < -0.39 is 6.10 Å². The number of nitrogens with zero attached hydrogens (tertiary/aromatic N) is 2. The smallest absolute Gasteiger partial charge is 0.241 e. The van der Waals surface area contributed by atoms with Gasteiger partial charge in [0.15, 0.2) is 0 Å². The third kappa shape index (κ3) is 4.43. The molecule has 5 heteroatoms. The van der Waals surface area contributed by atoms with Crippen LogP contribution < -0.4 is 4.90 Å². The first-order valence-electron chi connectivity index (χ1n) is 7.21. The van der Waals surface area contributed by atoms with E-state index in [0.717, 1.165) is 12.1 Å². The number of carbonyl (C=O) groups excluding carboxylic acids is 1. The van der Waals surface area contributed by atoms with E-state index in [9.17, 15) is 14.3 Å². The second-order valence-electron chi connectivity index (χ2n) is 5.55. The molecule has 1 unspecified atom stereocenters. The van der Waals surface area contributed by atoms with Gasteiger partial charge in [0, 0.05) is 31.9 Å².